The number of amides is 3. The summed E-state index contributed by atoms with van der Waals surface area (Å²) in [5, 5.41) is 18.7. The van der Waals surface area contributed by atoms with Crippen molar-refractivity contribution in [3.63, 3.8) is 0 Å². The number of non-ortho nitro benzene ring substituents is 1. The van der Waals surface area contributed by atoms with E-state index in [2.05, 4.69) is 16.0 Å². The molecule has 6 aromatic carbocycles. The molecule has 56 heavy (non-hydrogen) atoms. The Kier molecular flexibility index (Phi) is 10.7. The van der Waals surface area contributed by atoms with E-state index >= 15 is 0 Å². The summed E-state index contributed by atoms with van der Waals surface area (Å²) in [6.07, 6.45) is 1.42. The predicted octanol–water partition coefficient (Wildman–Crippen LogP) is 8.25. The van der Waals surface area contributed by atoms with Crippen molar-refractivity contribution < 1.29 is 28.9 Å². The van der Waals surface area contributed by atoms with Crippen LogP contribution in [-0.2, 0) is 9.59 Å². The highest BCUT2D eigenvalue weighted by atomic mass is 32.2. The normalized spacial score (nSPS) is 12.5. The number of ketones is 2. The fraction of sp³-hybridized carbons (Fsp3) is 0.0227. The van der Waals surface area contributed by atoms with Crippen LogP contribution in [-0.4, -0.2) is 34.2 Å². The lowest BCUT2D eigenvalue weighted by molar-refractivity contribution is -0.384. The van der Waals surface area contributed by atoms with Crippen LogP contribution in [0.4, 0.5) is 17.1 Å². The van der Waals surface area contributed by atoms with Gasteiger partial charge in [0.2, 0.25) is 5.91 Å². The van der Waals surface area contributed by atoms with E-state index in [1.54, 1.807) is 97.1 Å². The summed E-state index contributed by atoms with van der Waals surface area (Å²) in [6, 6.07) is 41.2. The van der Waals surface area contributed by atoms with E-state index in [9.17, 15) is 34.1 Å². The number of nitro groups is 1. The number of fused-ring (bicyclic) bond motifs is 2. The number of carbonyl (C=O) groups is 5. The molecule has 0 saturated heterocycles. The number of thioether (sulfide) groups is 1. The largest absolute Gasteiger partial charge is 0.324 e. The first-order valence-electron chi connectivity index (χ1n) is 17.2. The molecule has 1 aliphatic carbocycles. The van der Waals surface area contributed by atoms with Crippen molar-refractivity contribution in [2.24, 2.45) is 0 Å². The van der Waals surface area contributed by atoms with Gasteiger partial charge in [0.1, 0.15) is 10.9 Å². The van der Waals surface area contributed by atoms with Crippen LogP contribution in [0.15, 0.2) is 162 Å². The maximum Gasteiger partial charge on any atom is 0.272 e. The van der Waals surface area contributed by atoms with Crippen LogP contribution >= 0.6 is 11.8 Å². The van der Waals surface area contributed by atoms with E-state index in [1.807, 2.05) is 30.3 Å². The summed E-state index contributed by atoms with van der Waals surface area (Å²) in [7, 11) is 0. The molecule has 12 heteroatoms. The molecule has 0 aromatic heterocycles. The summed E-state index contributed by atoms with van der Waals surface area (Å²) in [5.41, 5.74) is 2.83. The maximum atomic E-state index is 14.1. The van der Waals surface area contributed by atoms with Crippen LogP contribution in [0.1, 0.15) is 58.6 Å². The topological polar surface area (TPSA) is 165 Å². The molecule has 3 N–H and O–H groups in total. The first kappa shape index (κ1) is 36.9. The molecular weight excluding hydrogens is 729 g/mol. The van der Waals surface area contributed by atoms with E-state index in [1.165, 1.54) is 42.1 Å². The fourth-order valence-electron chi connectivity index (χ4n) is 6.10. The Balaban J connectivity index is 1.10. The summed E-state index contributed by atoms with van der Waals surface area (Å²) in [6.45, 7) is 0. The van der Waals surface area contributed by atoms with Gasteiger partial charge in [0.05, 0.1) is 16.2 Å². The number of hydrogen-bond acceptors (Lipinski definition) is 8. The van der Waals surface area contributed by atoms with Crippen LogP contribution in [0, 0.1) is 10.1 Å². The fourth-order valence-corrected chi connectivity index (χ4v) is 7.13. The Bertz CT molecular complexity index is 2540. The minimum absolute atomic E-state index is 0.0984. The molecule has 274 valence electrons. The van der Waals surface area contributed by atoms with E-state index < -0.39 is 27.9 Å². The third-order valence-corrected chi connectivity index (χ3v) is 10.1. The molecule has 1 aliphatic rings. The van der Waals surface area contributed by atoms with Crippen molar-refractivity contribution in [1.82, 2.24) is 5.32 Å². The van der Waals surface area contributed by atoms with Crippen LogP contribution in [0.5, 0.6) is 0 Å². The predicted molar refractivity (Wildman–Crippen MR) is 213 cm³/mol. The Morgan fingerprint density at radius 3 is 1.91 bits per heavy atom. The maximum absolute atomic E-state index is 14.1. The lowest BCUT2D eigenvalue weighted by Crippen LogP contribution is -2.30. The summed E-state index contributed by atoms with van der Waals surface area (Å²) in [5.74, 6) is -2.22. The van der Waals surface area contributed by atoms with Crippen LogP contribution in [0.25, 0.3) is 6.08 Å². The van der Waals surface area contributed by atoms with Crippen molar-refractivity contribution in [2.45, 2.75) is 10.1 Å². The summed E-state index contributed by atoms with van der Waals surface area (Å²) >= 11 is 1.25. The molecule has 0 heterocycles. The second kappa shape index (κ2) is 16.3. The van der Waals surface area contributed by atoms with Gasteiger partial charge in [-0.15, -0.1) is 11.8 Å². The van der Waals surface area contributed by atoms with Gasteiger partial charge in [0, 0.05) is 45.0 Å². The van der Waals surface area contributed by atoms with Gasteiger partial charge >= 0.3 is 0 Å². The smallest absolute Gasteiger partial charge is 0.272 e. The number of nitrogens with zero attached hydrogens (tertiary/aromatic N) is 1. The number of hydrogen-bond donors (Lipinski definition) is 3. The molecular formula is C44H30N4O7S. The number of rotatable bonds is 11. The van der Waals surface area contributed by atoms with Gasteiger partial charge in [-0.05, 0) is 71.8 Å². The molecule has 1 atom stereocenters. The second-order valence-electron chi connectivity index (χ2n) is 12.5. The molecule has 0 radical (unpaired) electrons. The van der Waals surface area contributed by atoms with Crippen molar-refractivity contribution in [2.75, 3.05) is 10.6 Å². The highest BCUT2D eigenvalue weighted by Crippen LogP contribution is 2.38. The molecule has 0 bridgehead atoms. The highest BCUT2D eigenvalue weighted by molar-refractivity contribution is 8.00. The zero-order chi connectivity index (χ0) is 39.2. The van der Waals surface area contributed by atoms with Gasteiger partial charge in [-0.2, -0.15) is 0 Å². The van der Waals surface area contributed by atoms with Crippen molar-refractivity contribution in [3.8, 4) is 0 Å². The third-order valence-electron chi connectivity index (χ3n) is 8.86. The van der Waals surface area contributed by atoms with Crippen molar-refractivity contribution in [3.05, 3.63) is 206 Å². The number of carbonyl (C=O) groups excluding carboxylic acids is 5. The third kappa shape index (κ3) is 8.05. The summed E-state index contributed by atoms with van der Waals surface area (Å²) < 4.78 is 0. The van der Waals surface area contributed by atoms with Gasteiger partial charge < -0.3 is 16.0 Å². The van der Waals surface area contributed by atoms with E-state index in [-0.39, 0.29) is 45.3 Å². The Labute approximate surface area is 324 Å². The number of nitro benzene ring substituents is 1. The monoisotopic (exact) mass is 758 g/mol. The SMILES string of the molecule is O=C(Nc1ccc(SC(C(=O)Nc2cccc3c2C(=O)c2ccccc2C3=O)c2ccccc2)cc1)/C(=C/c1ccc([N+](=O)[O-])cc1)NC(=O)c1ccccc1. The minimum atomic E-state index is -0.779. The highest BCUT2D eigenvalue weighted by Gasteiger charge is 2.33. The average molecular weight is 759 g/mol. The van der Waals surface area contributed by atoms with Crippen LogP contribution in [0.2, 0.25) is 0 Å². The standard InChI is InChI=1S/C44H30N4O7S/c49-39-33-14-7-8-15-34(33)40(50)38-35(39)16-9-17-36(38)46-44(53)41(28-10-3-1-4-11-28)56-32-24-20-30(21-25-32)45-43(52)37(47-42(51)29-12-5-2-6-13-29)26-27-18-22-31(23-19-27)48(54)55/h1-26,41H,(H,45,52)(H,46,53)(H,47,51)/b37-26-. The molecule has 0 aliphatic heterocycles. The number of nitrogens with one attached hydrogen (secondary N) is 3. The summed E-state index contributed by atoms with van der Waals surface area (Å²) in [4.78, 5) is 78.9. The molecule has 11 nitrogen and oxygen atoms in total. The van der Waals surface area contributed by atoms with Crippen molar-refractivity contribution >= 4 is 64.2 Å². The Hall–Kier alpha value is -7.44. The van der Waals surface area contributed by atoms with E-state index in [0.29, 0.717) is 32.8 Å². The van der Waals surface area contributed by atoms with E-state index in [4.69, 9.17) is 0 Å². The van der Waals surface area contributed by atoms with Gasteiger partial charge in [0.25, 0.3) is 17.5 Å². The molecule has 0 fully saturated rings. The molecule has 1 unspecified atom stereocenters. The molecule has 6 aromatic rings. The minimum Gasteiger partial charge on any atom is -0.324 e. The van der Waals surface area contributed by atoms with Gasteiger partial charge in [0.15, 0.2) is 11.6 Å². The zero-order valence-corrected chi connectivity index (χ0v) is 30.1. The van der Waals surface area contributed by atoms with Gasteiger partial charge in [-0.25, -0.2) is 0 Å². The Morgan fingerprint density at radius 1 is 0.643 bits per heavy atom. The van der Waals surface area contributed by atoms with Crippen molar-refractivity contribution in [1.29, 1.82) is 0 Å². The lowest BCUT2D eigenvalue weighted by atomic mass is 9.83. The number of anilines is 2. The quantitative estimate of drug-likeness (QED) is 0.0514. The molecule has 3 amide bonds. The molecule has 7 rings (SSSR count). The van der Waals surface area contributed by atoms with Crippen LogP contribution < -0.4 is 16.0 Å². The first-order chi connectivity index (χ1) is 27.2. The molecule has 0 spiro atoms. The second-order valence-corrected chi connectivity index (χ2v) is 13.7. The molecule has 0 saturated carbocycles. The van der Waals surface area contributed by atoms with E-state index in [0.717, 1.165) is 0 Å². The Morgan fingerprint density at radius 2 is 1.25 bits per heavy atom. The zero-order valence-electron chi connectivity index (χ0n) is 29.3. The van der Waals surface area contributed by atoms with Crippen LogP contribution in [0.3, 0.4) is 0 Å². The first-order valence-corrected chi connectivity index (χ1v) is 18.1. The lowest BCUT2D eigenvalue weighted by Gasteiger charge is -2.22. The average Bonchev–Trinajstić information content (AvgIpc) is 3.23. The van der Waals surface area contributed by atoms with Gasteiger partial charge in [-0.1, -0.05) is 84.9 Å². The van der Waals surface area contributed by atoms with Gasteiger partial charge in [-0.3, -0.25) is 34.1 Å². The number of benzene rings is 6.